The van der Waals surface area contributed by atoms with Crippen LogP contribution in [0.5, 0.6) is 5.75 Å². The number of hydrogen-bond donors (Lipinski definition) is 1. The molecule has 1 heterocycles. The molecule has 0 aliphatic rings. The Labute approximate surface area is 122 Å². The highest BCUT2D eigenvalue weighted by Crippen LogP contribution is 2.18. The van der Waals surface area contributed by atoms with E-state index in [1.54, 1.807) is 37.6 Å². The van der Waals surface area contributed by atoms with Crippen molar-refractivity contribution in [2.75, 3.05) is 12.4 Å². The lowest BCUT2D eigenvalue weighted by atomic mass is 10.2. The van der Waals surface area contributed by atoms with E-state index in [2.05, 4.69) is 10.4 Å². The van der Waals surface area contributed by atoms with E-state index in [0.29, 0.717) is 5.69 Å². The topological polar surface area (TPSA) is 56.1 Å². The van der Waals surface area contributed by atoms with E-state index in [9.17, 15) is 4.79 Å². The number of aromatic nitrogens is 2. The number of ether oxygens (including phenoxy) is 1. The summed E-state index contributed by atoms with van der Waals surface area (Å²) < 4.78 is 6.45. The number of carbonyl (C=O) groups excluding carboxylic acids is 1. The highest BCUT2D eigenvalue weighted by molar-refractivity contribution is 5.97. The number of methoxy groups -OCH3 is 1. The van der Waals surface area contributed by atoms with Crippen molar-refractivity contribution in [3.8, 4) is 5.75 Å². The highest BCUT2D eigenvalue weighted by atomic mass is 16.5. The van der Waals surface area contributed by atoms with Crippen LogP contribution in [0.25, 0.3) is 10.9 Å². The SMILES string of the molecule is COc1ccc(NC(=O)n2ncc3cc(C)ccc32)cc1. The summed E-state index contributed by atoms with van der Waals surface area (Å²) in [5.41, 5.74) is 2.61. The largest absolute Gasteiger partial charge is 0.497 e. The molecular weight excluding hydrogens is 266 g/mol. The van der Waals surface area contributed by atoms with Gasteiger partial charge in [0.1, 0.15) is 5.75 Å². The smallest absolute Gasteiger partial charge is 0.347 e. The molecule has 5 heteroatoms. The molecule has 106 valence electrons. The second kappa shape index (κ2) is 5.28. The standard InChI is InChI=1S/C16H15N3O2/c1-11-3-8-15-12(9-11)10-17-19(15)16(20)18-13-4-6-14(21-2)7-5-13/h3-10H,1-2H3,(H,18,20). The quantitative estimate of drug-likeness (QED) is 0.783. The van der Waals surface area contributed by atoms with Crippen LogP contribution < -0.4 is 10.1 Å². The van der Waals surface area contributed by atoms with Gasteiger partial charge in [-0.1, -0.05) is 11.6 Å². The molecule has 21 heavy (non-hydrogen) atoms. The molecule has 3 aromatic rings. The summed E-state index contributed by atoms with van der Waals surface area (Å²) >= 11 is 0. The maximum atomic E-state index is 12.3. The normalized spacial score (nSPS) is 10.6. The van der Waals surface area contributed by atoms with Crippen LogP contribution in [-0.2, 0) is 0 Å². The van der Waals surface area contributed by atoms with Crippen molar-refractivity contribution in [2.45, 2.75) is 6.92 Å². The lowest BCUT2D eigenvalue weighted by Crippen LogP contribution is -2.20. The molecule has 1 N–H and O–H groups in total. The molecule has 0 aliphatic heterocycles. The molecule has 1 aromatic heterocycles. The van der Waals surface area contributed by atoms with Crippen LogP contribution in [0.1, 0.15) is 5.56 Å². The summed E-state index contributed by atoms with van der Waals surface area (Å²) in [6.45, 7) is 2.01. The van der Waals surface area contributed by atoms with Crippen molar-refractivity contribution >= 4 is 22.6 Å². The van der Waals surface area contributed by atoms with Crippen LogP contribution in [0.3, 0.4) is 0 Å². The number of carbonyl (C=O) groups is 1. The molecule has 0 unspecified atom stereocenters. The fourth-order valence-electron chi connectivity index (χ4n) is 2.16. The first-order valence-electron chi connectivity index (χ1n) is 6.57. The van der Waals surface area contributed by atoms with Gasteiger partial charge in [-0.25, -0.2) is 4.79 Å². The average molecular weight is 281 g/mol. The van der Waals surface area contributed by atoms with Gasteiger partial charge in [-0.3, -0.25) is 0 Å². The Morgan fingerprint density at radius 1 is 1.19 bits per heavy atom. The first-order chi connectivity index (χ1) is 10.2. The minimum absolute atomic E-state index is 0.293. The second-order valence-corrected chi connectivity index (χ2v) is 4.78. The van der Waals surface area contributed by atoms with Gasteiger partial charge in [-0.15, -0.1) is 0 Å². The van der Waals surface area contributed by atoms with E-state index >= 15 is 0 Å². The van der Waals surface area contributed by atoms with Crippen LogP contribution >= 0.6 is 0 Å². The number of fused-ring (bicyclic) bond motifs is 1. The lowest BCUT2D eigenvalue weighted by molar-refractivity contribution is 0.252. The molecule has 0 saturated carbocycles. The summed E-state index contributed by atoms with van der Waals surface area (Å²) in [7, 11) is 1.60. The third kappa shape index (κ3) is 2.58. The maximum absolute atomic E-state index is 12.3. The number of anilines is 1. The minimum atomic E-state index is -0.293. The van der Waals surface area contributed by atoms with Gasteiger partial charge in [0.2, 0.25) is 0 Å². The van der Waals surface area contributed by atoms with E-state index < -0.39 is 0 Å². The summed E-state index contributed by atoms with van der Waals surface area (Å²) in [5, 5.41) is 7.90. The third-order valence-electron chi connectivity index (χ3n) is 3.26. The first kappa shape index (κ1) is 13.2. The summed E-state index contributed by atoms with van der Waals surface area (Å²) in [5.74, 6) is 0.744. The third-order valence-corrected chi connectivity index (χ3v) is 3.26. The fourth-order valence-corrected chi connectivity index (χ4v) is 2.16. The summed E-state index contributed by atoms with van der Waals surface area (Å²) in [6.07, 6.45) is 1.69. The number of nitrogens with one attached hydrogen (secondary N) is 1. The summed E-state index contributed by atoms with van der Waals surface area (Å²) in [6, 6.07) is 12.7. The molecule has 0 saturated heterocycles. The van der Waals surface area contributed by atoms with Crippen molar-refractivity contribution in [3.05, 3.63) is 54.2 Å². The highest BCUT2D eigenvalue weighted by Gasteiger charge is 2.10. The average Bonchev–Trinajstić information content (AvgIpc) is 2.91. The number of nitrogens with zero attached hydrogens (tertiary/aromatic N) is 2. The second-order valence-electron chi connectivity index (χ2n) is 4.78. The van der Waals surface area contributed by atoms with Gasteiger partial charge in [-0.2, -0.15) is 9.78 Å². The number of aryl methyl sites for hydroxylation is 1. The van der Waals surface area contributed by atoms with Crippen LogP contribution in [-0.4, -0.2) is 22.9 Å². The number of benzene rings is 2. The van der Waals surface area contributed by atoms with Crippen LogP contribution in [0.2, 0.25) is 0 Å². The van der Waals surface area contributed by atoms with Gasteiger partial charge < -0.3 is 10.1 Å². The van der Waals surface area contributed by atoms with Crippen molar-refractivity contribution < 1.29 is 9.53 Å². The first-order valence-corrected chi connectivity index (χ1v) is 6.57. The van der Waals surface area contributed by atoms with Crippen LogP contribution in [0.4, 0.5) is 10.5 Å². The van der Waals surface area contributed by atoms with E-state index in [-0.39, 0.29) is 6.03 Å². The van der Waals surface area contributed by atoms with Gasteiger partial charge in [0.05, 0.1) is 18.8 Å². The van der Waals surface area contributed by atoms with Crippen molar-refractivity contribution in [2.24, 2.45) is 0 Å². The summed E-state index contributed by atoms with van der Waals surface area (Å²) in [4.78, 5) is 12.3. The minimum Gasteiger partial charge on any atom is -0.497 e. The van der Waals surface area contributed by atoms with E-state index in [0.717, 1.165) is 22.2 Å². The van der Waals surface area contributed by atoms with Crippen molar-refractivity contribution in [3.63, 3.8) is 0 Å². The number of amides is 1. The van der Waals surface area contributed by atoms with E-state index in [1.807, 2.05) is 25.1 Å². The predicted octanol–water partition coefficient (Wildman–Crippen LogP) is 3.43. The monoisotopic (exact) mass is 281 g/mol. The Bertz CT molecular complexity index is 791. The molecule has 0 bridgehead atoms. The van der Waals surface area contributed by atoms with Gasteiger partial charge in [-0.05, 0) is 43.3 Å². The molecular formula is C16H15N3O2. The maximum Gasteiger partial charge on any atom is 0.347 e. The molecule has 0 aliphatic carbocycles. The molecule has 0 atom stereocenters. The van der Waals surface area contributed by atoms with Crippen molar-refractivity contribution in [1.82, 2.24) is 9.78 Å². The molecule has 1 amide bonds. The number of rotatable bonds is 2. The van der Waals surface area contributed by atoms with Gasteiger partial charge in [0.25, 0.3) is 0 Å². The Hall–Kier alpha value is -2.82. The molecule has 0 spiro atoms. The Morgan fingerprint density at radius 3 is 2.67 bits per heavy atom. The Morgan fingerprint density at radius 2 is 1.95 bits per heavy atom. The van der Waals surface area contributed by atoms with Gasteiger partial charge in [0, 0.05) is 11.1 Å². The lowest BCUT2D eigenvalue weighted by Gasteiger charge is -2.07. The van der Waals surface area contributed by atoms with Crippen molar-refractivity contribution in [1.29, 1.82) is 0 Å². The zero-order chi connectivity index (χ0) is 14.8. The zero-order valence-corrected chi connectivity index (χ0v) is 11.8. The fraction of sp³-hybridized carbons (Fsp3) is 0.125. The molecule has 2 aromatic carbocycles. The zero-order valence-electron chi connectivity index (χ0n) is 11.8. The molecule has 3 rings (SSSR count). The number of hydrogen-bond acceptors (Lipinski definition) is 3. The van der Waals surface area contributed by atoms with Crippen LogP contribution in [0.15, 0.2) is 48.7 Å². The molecule has 0 fully saturated rings. The van der Waals surface area contributed by atoms with E-state index in [4.69, 9.17) is 4.74 Å². The van der Waals surface area contributed by atoms with Crippen LogP contribution in [0, 0.1) is 6.92 Å². The Balaban J connectivity index is 1.86. The predicted molar refractivity (Wildman–Crippen MR) is 81.9 cm³/mol. The Kier molecular flexibility index (Phi) is 3.31. The molecule has 5 nitrogen and oxygen atoms in total. The molecule has 0 radical (unpaired) electrons. The van der Waals surface area contributed by atoms with E-state index in [1.165, 1.54) is 4.68 Å². The van der Waals surface area contributed by atoms with Gasteiger partial charge in [0.15, 0.2) is 0 Å². The van der Waals surface area contributed by atoms with Gasteiger partial charge >= 0.3 is 6.03 Å².